The van der Waals surface area contributed by atoms with Crippen LogP contribution in [0.25, 0.3) is 0 Å². The summed E-state index contributed by atoms with van der Waals surface area (Å²) >= 11 is 0. The molecule has 2 N–H and O–H groups in total. The van der Waals surface area contributed by atoms with Crippen LogP contribution in [-0.4, -0.2) is 16.5 Å². The molecule has 1 heterocycles. The quantitative estimate of drug-likeness (QED) is 0.861. The highest BCUT2D eigenvalue weighted by Crippen LogP contribution is 2.35. The highest BCUT2D eigenvalue weighted by Gasteiger charge is 2.33. The zero-order valence-electron chi connectivity index (χ0n) is 12.3. The van der Waals surface area contributed by atoms with Gasteiger partial charge in [-0.15, -0.1) is 0 Å². The largest absolute Gasteiger partial charge is 0.418 e. The highest BCUT2D eigenvalue weighted by atomic mass is 19.4. The topological polar surface area (TPSA) is 49.8 Å². The summed E-state index contributed by atoms with van der Waals surface area (Å²) in [6, 6.07) is 7.00. The van der Waals surface area contributed by atoms with Crippen LogP contribution in [-0.2, 0) is 6.18 Å². The van der Waals surface area contributed by atoms with Crippen molar-refractivity contribution < 1.29 is 13.2 Å². The van der Waals surface area contributed by atoms with Crippen molar-refractivity contribution in [1.82, 2.24) is 9.97 Å². The Morgan fingerprint density at radius 3 is 2.55 bits per heavy atom. The Morgan fingerprint density at radius 1 is 1.14 bits per heavy atom. The molecule has 0 saturated carbocycles. The van der Waals surface area contributed by atoms with Gasteiger partial charge in [0.05, 0.1) is 11.3 Å². The maximum atomic E-state index is 13.0. The molecule has 0 aliphatic carbocycles. The Hall–Kier alpha value is -2.31. The number of aromatic nitrogens is 2. The Kier molecular flexibility index (Phi) is 4.85. The van der Waals surface area contributed by atoms with Crippen molar-refractivity contribution in [3.8, 4) is 0 Å². The van der Waals surface area contributed by atoms with Crippen molar-refractivity contribution in [2.75, 3.05) is 17.2 Å². The molecule has 0 atom stereocenters. The molecule has 2 aromatic rings. The molecule has 0 aliphatic rings. The zero-order valence-corrected chi connectivity index (χ0v) is 12.3. The summed E-state index contributed by atoms with van der Waals surface area (Å²) in [4.78, 5) is 8.32. The van der Waals surface area contributed by atoms with Crippen LogP contribution >= 0.6 is 0 Å². The second kappa shape index (κ2) is 6.64. The lowest BCUT2D eigenvalue weighted by Crippen LogP contribution is -2.10. The van der Waals surface area contributed by atoms with Gasteiger partial charge in [0, 0.05) is 18.3 Å². The average molecular weight is 310 g/mol. The molecule has 0 radical (unpaired) electrons. The molecule has 4 nitrogen and oxygen atoms in total. The number of rotatable bonds is 5. The summed E-state index contributed by atoms with van der Waals surface area (Å²) in [5.41, 5.74) is -0.147. The minimum Gasteiger partial charge on any atom is -0.370 e. The Morgan fingerprint density at radius 2 is 1.86 bits per heavy atom. The zero-order chi connectivity index (χ0) is 16.2. The molecule has 1 aromatic carbocycles. The molecule has 0 amide bonds. The van der Waals surface area contributed by atoms with Gasteiger partial charge >= 0.3 is 6.18 Å². The molecule has 0 unspecified atom stereocenters. The summed E-state index contributed by atoms with van der Waals surface area (Å²) in [6.07, 6.45) is -3.51. The summed E-state index contributed by atoms with van der Waals surface area (Å²) in [5.74, 6) is 0.719. The molecule has 118 valence electrons. The van der Waals surface area contributed by atoms with E-state index in [2.05, 4.69) is 20.6 Å². The van der Waals surface area contributed by atoms with Crippen molar-refractivity contribution in [3.05, 3.63) is 41.6 Å². The fraction of sp³-hybridized carbons (Fsp3) is 0.333. The fourth-order valence-corrected chi connectivity index (χ4v) is 1.93. The standard InChI is InChI=1S/C15H17F3N4/c1-3-8-19-13-9-10(2)20-14(22-13)21-12-7-5-4-6-11(12)15(16,17)18/h4-7,9H,3,8H2,1-2H3,(H2,19,20,21,22). The number of aryl methyl sites for hydroxylation is 1. The summed E-state index contributed by atoms with van der Waals surface area (Å²) < 4.78 is 38.9. The molecule has 0 spiro atoms. The van der Waals surface area contributed by atoms with E-state index in [1.165, 1.54) is 18.2 Å². The molecule has 0 fully saturated rings. The number of hydrogen-bond acceptors (Lipinski definition) is 4. The molecule has 7 heteroatoms. The first-order valence-electron chi connectivity index (χ1n) is 6.93. The third kappa shape index (κ3) is 4.09. The van der Waals surface area contributed by atoms with Gasteiger partial charge in [0.25, 0.3) is 0 Å². The number of alkyl halides is 3. The lowest BCUT2D eigenvalue weighted by molar-refractivity contribution is -0.136. The number of nitrogens with one attached hydrogen (secondary N) is 2. The van der Waals surface area contributed by atoms with E-state index in [0.717, 1.165) is 19.0 Å². The second-order valence-corrected chi connectivity index (χ2v) is 4.81. The van der Waals surface area contributed by atoms with Crippen LogP contribution in [0.4, 0.5) is 30.6 Å². The molecule has 0 bridgehead atoms. The number of hydrogen-bond donors (Lipinski definition) is 2. The normalized spacial score (nSPS) is 11.3. The van der Waals surface area contributed by atoms with Gasteiger partial charge in [-0.25, -0.2) is 4.98 Å². The van der Waals surface area contributed by atoms with Crippen molar-refractivity contribution >= 4 is 17.5 Å². The Balaban J connectivity index is 2.30. The number of benzene rings is 1. The van der Waals surface area contributed by atoms with Gasteiger partial charge in [0.1, 0.15) is 5.82 Å². The van der Waals surface area contributed by atoms with Crippen LogP contribution in [0.2, 0.25) is 0 Å². The SMILES string of the molecule is CCCNc1cc(C)nc(Nc2ccccc2C(F)(F)F)n1. The Bertz CT molecular complexity index is 641. The number of para-hydroxylation sites is 1. The van der Waals surface area contributed by atoms with E-state index in [-0.39, 0.29) is 11.6 Å². The lowest BCUT2D eigenvalue weighted by atomic mass is 10.1. The van der Waals surface area contributed by atoms with Crippen LogP contribution in [0.5, 0.6) is 0 Å². The fourth-order valence-electron chi connectivity index (χ4n) is 1.93. The van der Waals surface area contributed by atoms with Crippen molar-refractivity contribution in [1.29, 1.82) is 0 Å². The van der Waals surface area contributed by atoms with Crippen molar-refractivity contribution in [3.63, 3.8) is 0 Å². The van der Waals surface area contributed by atoms with E-state index in [0.29, 0.717) is 11.5 Å². The summed E-state index contributed by atoms with van der Waals surface area (Å²) in [7, 11) is 0. The maximum Gasteiger partial charge on any atom is 0.418 e. The molecular weight excluding hydrogens is 293 g/mol. The average Bonchev–Trinajstić information content (AvgIpc) is 2.44. The number of nitrogens with zero attached hydrogens (tertiary/aromatic N) is 2. The predicted octanol–water partition coefficient (Wildman–Crippen LogP) is 4.37. The van der Waals surface area contributed by atoms with Crippen LogP contribution in [0, 0.1) is 6.92 Å². The van der Waals surface area contributed by atoms with Crippen LogP contribution in [0.3, 0.4) is 0 Å². The van der Waals surface area contributed by atoms with Gasteiger partial charge in [-0.3, -0.25) is 0 Å². The predicted molar refractivity (Wildman–Crippen MR) is 80.3 cm³/mol. The molecule has 22 heavy (non-hydrogen) atoms. The highest BCUT2D eigenvalue weighted by molar-refractivity contribution is 5.60. The second-order valence-electron chi connectivity index (χ2n) is 4.81. The van der Waals surface area contributed by atoms with Gasteiger partial charge in [-0.05, 0) is 25.5 Å². The van der Waals surface area contributed by atoms with Gasteiger partial charge in [-0.2, -0.15) is 18.2 Å². The van der Waals surface area contributed by atoms with E-state index in [4.69, 9.17) is 0 Å². The Labute approximate surface area is 126 Å². The van der Waals surface area contributed by atoms with Gasteiger partial charge < -0.3 is 10.6 Å². The molecule has 2 rings (SSSR count). The first-order valence-corrected chi connectivity index (χ1v) is 6.93. The number of halogens is 3. The summed E-state index contributed by atoms with van der Waals surface area (Å²) in [5, 5.41) is 5.75. The first kappa shape index (κ1) is 16.1. The smallest absolute Gasteiger partial charge is 0.370 e. The van der Waals surface area contributed by atoms with E-state index in [9.17, 15) is 13.2 Å². The van der Waals surface area contributed by atoms with Crippen molar-refractivity contribution in [2.45, 2.75) is 26.4 Å². The lowest BCUT2D eigenvalue weighted by Gasteiger charge is -2.14. The molecule has 1 aromatic heterocycles. The third-order valence-corrected chi connectivity index (χ3v) is 2.89. The van der Waals surface area contributed by atoms with Gasteiger partial charge in [0.15, 0.2) is 0 Å². The molecule has 0 aliphatic heterocycles. The van der Waals surface area contributed by atoms with E-state index in [1.807, 2.05) is 6.92 Å². The van der Waals surface area contributed by atoms with Gasteiger partial charge in [0.2, 0.25) is 5.95 Å². The maximum absolute atomic E-state index is 13.0. The molecular formula is C15H17F3N4. The minimum atomic E-state index is -4.43. The van der Waals surface area contributed by atoms with Crippen LogP contribution in [0.1, 0.15) is 24.6 Å². The molecule has 0 saturated heterocycles. The monoisotopic (exact) mass is 310 g/mol. The van der Waals surface area contributed by atoms with Crippen LogP contribution < -0.4 is 10.6 Å². The van der Waals surface area contributed by atoms with Crippen molar-refractivity contribution in [2.24, 2.45) is 0 Å². The van der Waals surface area contributed by atoms with E-state index in [1.54, 1.807) is 13.0 Å². The van der Waals surface area contributed by atoms with E-state index >= 15 is 0 Å². The van der Waals surface area contributed by atoms with E-state index < -0.39 is 11.7 Å². The first-order chi connectivity index (χ1) is 10.4. The number of anilines is 3. The van der Waals surface area contributed by atoms with Crippen LogP contribution in [0.15, 0.2) is 30.3 Å². The summed E-state index contributed by atoms with van der Waals surface area (Å²) in [6.45, 7) is 4.51. The third-order valence-electron chi connectivity index (χ3n) is 2.89. The van der Waals surface area contributed by atoms with Gasteiger partial charge in [-0.1, -0.05) is 19.1 Å². The minimum absolute atomic E-state index is 0.0676.